The number of likely N-dealkylation sites (tertiary alicyclic amines) is 1. The normalized spacial score (nSPS) is 23.7. The molecule has 2 aliphatic heterocycles. The van der Waals surface area contributed by atoms with Gasteiger partial charge in [0.05, 0.1) is 31.3 Å². The quantitative estimate of drug-likeness (QED) is 0.285. The monoisotopic (exact) mass is 607 g/mol. The van der Waals surface area contributed by atoms with E-state index in [1.54, 1.807) is 29.8 Å². The van der Waals surface area contributed by atoms with Gasteiger partial charge in [0, 0.05) is 30.4 Å². The van der Waals surface area contributed by atoms with Gasteiger partial charge in [-0.25, -0.2) is 0 Å². The lowest BCUT2D eigenvalue weighted by Crippen LogP contribution is -2.48. The molecular weight excluding hydrogens is 571 g/mol. The van der Waals surface area contributed by atoms with Crippen molar-refractivity contribution in [2.75, 3.05) is 31.6 Å². The SMILES string of the molecule is Cc1cc(Nc2nn(C3CC[C@@H](C(O)OCC(C)C)OC3)c3cc[nH]c(=O)c23)ccc1C(=O)N1CCC(O)(C(F)(F)F)C1. The minimum atomic E-state index is -4.83. The summed E-state index contributed by atoms with van der Waals surface area (Å²) in [5.41, 5.74) is -1.46. The number of β-amino-alcohol motifs (C(OH)–C–C–N with tert-alkyl or cyclic N) is 1. The molecule has 234 valence electrons. The molecular formula is C29H36F3N5O6. The number of anilines is 2. The number of aryl methyl sites for hydroxylation is 1. The minimum absolute atomic E-state index is 0.203. The first-order valence-electron chi connectivity index (χ1n) is 14.2. The molecule has 5 rings (SSSR count). The Morgan fingerprint density at radius 1 is 1.30 bits per heavy atom. The first kappa shape index (κ1) is 31.0. The second kappa shape index (κ2) is 11.9. The smallest absolute Gasteiger partial charge is 0.379 e. The molecule has 2 fully saturated rings. The number of ether oxygens (including phenoxy) is 2. The van der Waals surface area contributed by atoms with Gasteiger partial charge in [-0.15, -0.1) is 0 Å². The summed E-state index contributed by atoms with van der Waals surface area (Å²) in [5, 5.41) is 28.5. The molecule has 3 unspecified atom stereocenters. The number of benzene rings is 1. The molecule has 0 aliphatic carbocycles. The minimum Gasteiger partial charge on any atom is -0.379 e. The van der Waals surface area contributed by atoms with Gasteiger partial charge in [0.25, 0.3) is 11.5 Å². The van der Waals surface area contributed by atoms with E-state index in [1.165, 1.54) is 12.3 Å². The number of aromatic nitrogens is 3. The van der Waals surface area contributed by atoms with E-state index in [0.29, 0.717) is 41.6 Å². The maximum Gasteiger partial charge on any atom is 0.419 e. The van der Waals surface area contributed by atoms with Crippen molar-refractivity contribution < 1.29 is 37.7 Å². The van der Waals surface area contributed by atoms with Crippen molar-refractivity contribution in [1.29, 1.82) is 0 Å². The maximum absolute atomic E-state index is 13.2. The number of alkyl halides is 3. The lowest BCUT2D eigenvalue weighted by atomic mass is 10.0. The molecule has 0 spiro atoms. The molecule has 2 aliphatic rings. The fourth-order valence-electron chi connectivity index (χ4n) is 5.53. The summed E-state index contributed by atoms with van der Waals surface area (Å²) in [7, 11) is 0. The van der Waals surface area contributed by atoms with Crippen LogP contribution in [0.25, 0.3) is 10.9 Å². The number of nitrogens with zero attached hydrogens (tertiary/aromatic N) is 3. The number of hydrogen-bond donors (Lipinski definition) is 4. The van der Waals surface area contributed by atoms with E-state index in [2.05, 4.69) is 10.3 Å². The van der Waals surface area contributed by atoms with Gasteiger partial charge in [-0.1, -0.05) is 13.8 Å². The molecule has 11 nitrogen and oxygen atoms in total. The van der Waals surface area contributed by atoms with Crippen molar-refractivity contribution in [2.45, 2.75) is 70.2 Å². The van der Waals surface area contributed by atoms with Gasteiger partial charge in [-0.3, -0.25) is 14.3 Å². The highest BCUT2D eigenvalue weighted by Crippen LogP contribution is 2.38. The summed E-state index contributed by atoms with van der Waals surface area (Å²) in [6.07, 6.45) is -4.21. The number of hydrogen-bond acceptors (Lipinski definition) is 8. The number of H-pyrrole nitrogens is 1. The molecule has 1 aromatic carbocycles. The fraction of sp³-hybridized carbons (Fsp3) is 0.552. The van der Waals surface area contributed by atoms with Crippen molar-refractivity contribution in [3.8, 4) is 0 Å². The number of halogens is 3. The number of amides is 1. The van der Waals surface area contributed by atoms with Crippen molar-refractivity contribution in [1.82, 2.24) is 19.7 Å². The average Bonchev–Trinajstić information content (AvgIpc) is 3.54. The summed E-state index contributed by atoms with van der Waals surface area (Å²) < 4.78 is 52.8. The Bertz CT molecular complexity index is 1530. The Balaban J connectivity index is 1.32. The number of rotatable bonds is 8. The second-order valence-corrected chi connectivity index (χ2v) is 11.7. The van der Waals surface area contributed by atoms with Crippen LogP contribution in [0.5, 0.6) is 0 Å². The van der Waals surface area contributed by atoms with Crippen molar-refractivity contribution in [2.24, 2.45) is 5.92 Å². The van der Waals surface area contributed by atoms with Gasteiger partial charge >= 0.3 is 6.18 Å². The third kappa shape index (κ3) is 6.28. The molecule has 4 heterocycles. The van der Waals surface area contributed by atoms with Crippen LogP contribution in [0, 0.1) is 12.8 Å². The van der Waals surface area contributed by atoms with Gasteiger partial charge < -0.3 is 34.9 Å². The summed E-state index contributed by atoms with van der Waals surface area (Å²) in [6, 6.07) is 6.27. The third-order valence-electron chi connectivity index (χ3n) is 7.96. The number of aliphatic hydroxyl groups is 2. The number of carbonyl (C=O) groups is 1. The number of fused-ring (bicyclic) bond motifs is 1. The third-order valence-corrected chi connectivity index (χ3v) is 7.96. The standard InChI is InChI=1S/C29H36F3N5O6/c1-16(2)13-43-27(40)22-7-5-19(14-42-22)37-21-8-10-33-25(38)23(21)24(35-37)34-18-4-6-20(17(3)12-18)26(39)36-11-9-28(41,15-36)29(30,31)32/h4,6,8,10,12,16,19,22,27,40-41H,5,7,9,11,13-15H2,1-3H3,(H,33,38)(H,34,35)/t19?,22-,27?,28?/m0/s1. The predicted octanol–water partition coefficient (Wildman–Crippen LogP) is 3.63. The molecule has 2 saturated heterocycles. The van der Waals surface area contributed by atoms with Gasteiger partial charge in [0.1, 0.15) is 11.5 Å². The van der Waals surface area contributed by atoms with Crippen LogP contribution in [0.3, 0.4) is 0 Å². The van der Waals surface area contributed by atoms with Crippen LogP contribution in [0.15, 0.2) is 35.3 Å². The Morgan fingerprint density at radius 2 is 2.07 bits per heavy atom. The van der Waals surface area contributed by atoms with Crippen LogP contribution in [0.4, 0.5) is 24.7 Å². The molecule has 14 heteroatoms. The number of aromatic amines is 1. The van der Waals surface area contributed by atoms with E-state index in [9.17, 15) is 33.0 Å². The van der Waals surface area contributed by atoms with Crippen LogP contribution in [-0.4, -0.2) is 86.3 Å². The summed E-state index contributed by atoms with van der Waals surface area (Å²) in [5.74, 6) is -0.0472. The number of aliphatic hydroxyl groups excluding tert-OH is 1. The van der Waals surface area contributed by atoms with E-state index in [0.717, 1.165) is 4.90 Å². The first-order valence-corrected chi connectivity index (χ1v) is 14.2. The van der Waals surface area contributed by atoms with Crippen molar-refractivity contribution in [3.05, 3.63) is 51.9 Å². The zero-order valence-corrected chi connectivity index (χ0v) is 24.1. The topological polar surface area (TPSA) is 142 Å². The zero-order chi connectivity index (χ0) is 31.1. The largest absolute Gasteiger partial charge is 0.419 e. The van der Waals surface area contributed by atoms with E-state index < -0.39 is 43.0 Å². The van der Waals surface area contributed by atoms with E-state index in [1.807, 2.05) is 13.8 Å². The number of nitrogens with one attached hydrogen (secondary N) is 2. The molecule has 43 heavy (non-hydrogen) atoms. The molecule has 3 aromatic rings. The maximum atomic E-state index is 13.2. The summed E-state index contributed by atoms with van der Waals surface area (Å²) in [4.78, 5) is 29.5. The Kier molecular flexibility index (Phi) is 8.58. The molecule has 0 bridgehead atoms. The predicted molar refractivity (Wildman–Crippen MR) is 151 cm³/mol. The summed E-state index contributed by atoms with van der Waals surface area (Å²) >= 11 is 0. The highest BCUT2D eigenvalue weighted by atomic mass is 19.4. The highest BCUT2D eigenvalue weighted by molar-refractivity contribution is 5.97. The van der Waals surface area contributed by atoms with Crippen LogP contribution in [0.1, 0.15) is 55.1 Å². The van der Waals surface area contributed by atoms with Crippen LogP contribution in [0.2, 0.25) is 0 Å². The van der Waals surface area contributed by atoms with Gasteiger partial charge in [-0.2, -0.15) is 18.3 Å². The van der Waals surface area contributed by atoms with Gasteiger partial charge in [0.15, 0.2) is 17.7 Å². The van der Waals surface area contributed by atoms with E-state index in [4.69, 9.17) is 14.6 Å². The Labute approximate surface area is 245 Å². The van der Waals surface area contributed by atoms with Crippen molar-refractivity contribution >= 4 is 28.3 Å². The number of pyridine rings is 1. The van der Waals surface area contributed by atoms with Gasteiger partial charge in [0.2, 0.25) is 0 Å². The van der Waals surface area contributed by atoms with Crippen LogP contribution < -0.4 is 10.9 Å². The first-order chi connectivity index (χ1) is 20.3. The Morgan fingerprint density at radius 3 is 2.70 bits per heavy atom. The average molecular weight is 608 g/mol. The molecule has 1 amide bonds. The lowest BCUT2D eigenvalue weighted by Gasteiger charge is -2.32. The molecule has 2 aromatic heterocycles. The van der Waals surface area contributed by atoms with Gasteiger partial charge in [-0.05, 0) is 55.5 Å². The molecule has 4 N–H and O–H groups in total. The Hall–Kier alpha value is -3.46. The molecule has 0 saturated carbocycles. The van der Waals surface area contributed by atoms with Crippen LogP contribution in [-0.2, 0) is 9.47 Å². The number of carbonyl (C=O) groups excluding carboxylic acids is 1. The summed E-state index contributed by atoms with van der Waals surface area (Å²) in [6.45, 7) is 5.28. The highest BCUT2D eigenvalue weighted by Gasteiger charge is 2.57. The molecule has 4 atom stereocenters. The van der Waals surface area contributed by atoms with Crippen molar-refractivity contribution in [3.63, 3.8) is 0 Å². The van der Waals surface area contributed by atoms with Crippen LogP contribution >= 0.6 is 0 Å². The lowest BCUT2D eigenvalue weighted by molar-refractivity contribution is -0.253. The zero-order valence-electron chi connectivity index (χ0n) is 24.1. The van der Waals surface area contributed by atoms with E-state index in [-0.39, 0.29) is 42.1 Å². The molecule has 0 radical (unpaired) electrons. The second-order valence-electron chi connectivity index (χ2n) is 11.7. The van der Waals surface area contributed by atoms with E-state index >= 15 is 0 Å². The fourth-order valence-corrected chi connectivity index (χ4v) is 5.53.